The van der Waals surface area contributed by atoms with E-state index in [1.165, 1.54) is 12.7 Å². The van der Waals surface area contributed by atoms with Gasteiger partial charge >= 0.3 is 5.97 Å². The van der Waals surface area contributed by atoms with E-state index in [1.54, 1.807) is 6.26 Å². The van der Waals surface area contributed by atoms with Gasteiger partial charge in [-0.3, -0.25) is 9.59 Å². The summed E-state index contributed by atoms with van der Waals surface area (Å²) in [7, 11) is 1.39. The highest BCUT2D eigenvalue weighted by Gasteiger charge is 2.12. The number of aryl methyl sites for hydroxylation is 2. The largest absolute Gasteiger partial charge is 0.469 e. The molecule has 0 unspecified atom stereocenters. The first kappa shape index (κ1) is 18.0. The molecule has 2 rings (SSSR count). The predicted octanol–water partition coefficient (Wildman–Crippen LogP) is 3.44. The minimum atomic E-state index is -0.184. The maximum absolute atomic E-state index is 12.1. The number of fused-ring (bicyclic) bond motifs is 1. The Morgan fingerprint density at radius 3 is 2.71 bits per heavy atom. The average Bonchev–Trinajstić information content (AvgIpc) is 2.97. The van der Waals surface area contributed by atoms with Crippen LogP contribution in [-0.4, -0.2) is 25.5 Å². The fraction of sp³-hybridized carbons (Fsp3) is 0.474. The number of carbonyl (C=O) groups is 2. The number of hydrogen-bond acceptors (Lipinski definition) is 4. The molecule has 1 amide bonds. The third kappa shape index (κ3) is 4.60. The van der Waals surface area contributed by atoms with Crippen molar-refractivity contribution < 1.29 is 18.7 Å². The second-order valence-corrected chi connectivity index (χ2v) is 6.06. The van der Waals surface area contributed by atoms with Gasteiger partial charge in [0.1, 0.15) is 5.58 Å². The highest BCUT2D eigenvalue weighted by atomic mass is 16.5. The highest BCUT2D eigenvalue weighted by Crippen LogP contribution is 2.26. The number of nitrogens with one attached hydrogen (secondary N) is 1. The van der Waals surface area contributed by atoms with Crippen LogP contribution < -0.4 is 5.32 Å². The van der Waals surface area contributed by atoms with E-state index in [4.69, 9.17) is 4.42 Å². The number of rotatable bonds is 8. The van der Waals surface area contributed by atoms with Gasteiger partial charge in [0.05, 0.1) is 19.8 Å². The molecule has 1 aromatic carbocycles. The van der Waals surface area contributed by atoms with Crippen molar-refractivity contribution in [1.29, 1.82) is 0 Å². The van der Waals surface area contributed by atoms with Crippen LogP contribution in [-0.2, 0) is 20.7 Å². The van der Waals surface area contributed by atoms with Crippen molar-refractivity contribution in [3.05, 3.63) is 35.1 Å². The Morgan fingerprint density at radius 1 is 1.17 bits per heavy atom. The fourth-order valence-corrected chi connectivity index (χ4v) is 2.66. The number of amides is 1. The molecule has 5 heteroatoms. The standard InChI is InChI=1S/C19H25NO4/c1-13-8-9-16-15(12-24-19(16)14(13)2)11-17(21)20-10-6-4-5-7-18(22)23-3/h8-9,12H,4-7,10-11H2,1-3H3,(H,20,21). The van der Waals surface area contributed by atoms with Crippen LogP contribution in [0.3, 0.4) is 0 Å². The van der Waals surface area contributed by atoms with Crippen LogP contribution in [0.2, 0.25) is 0 Å². The first-order chi connectivity index (χ1) is 11.5. The van der Waals surface area contributed by atoms with Crippen molar-refractivity contribution in [2.45, 2.75) is 46.0 Å². The van der Waals surface area contributed by atoms with E-state index in [1.807, 2.05) is 19.9 Å². The van der Waals surface area contributed by atoms with Gasteiger partial charge in [0.2, 0.25) is 5.91 Å². The third-order valence-corrected chi connectivity index (χ3v) is 4.30. The maximum atomic E-state index is 12.1. The van der Waals surface area contributed by atoms with Gasteiger partial charge in [0.15, 0.2) is 0 Å². The number of carbonyl (C=O) groups excluding carboxylic acids is 2. The summed E-state index contributed by atoms with van der Waals surface area (Å²) >= 11 is 0. The second-order valence-electron chi connectivity index (χ2n) is 6.06. The first-order valence-electron chi connectivity index (χ1n) is 8.32. The SMILES string of the molecule is COC(=O)CCCCCNC(=O)Cc1coc2c(C)c(C)ccc12. The lowest BCUT2D eigenvalue weighted by molar-refractivity contribution is -0.140. The lowest BCUT2D eigenvalue weighted by Crippen LogP contribution is -2.26. The maximum Gasteiger partial charge on any atom is 0.305 e. The van der Waals surface area contributed by atoms with Crippen LogP contribution >= 0.6 is 0 Å². The molecule has 0 fully saturated rings. The molecule has 1 N–H and O–H groups in total. The van der Waals surface area contributed by atoms with Crippen LogP contribution in [0.25, 0.3) is 11.0 Å². The highest BCUT2D eigenvalue weighted by molar-refractivity contribution is 5.89. The Morgan fingerprint density at radius 2 is 1.96 bits per heavy atom. The Kier molecular flexibility index (Phi) is 6.41. The normalized spacial score (nSPS) is 10.8. The van der Waals surface area contributed by atoms with E-state index < -0.39 is 0 Å². The Balaban J connectivity index is 1.77. The molecule has 0 bridgehead atoms. The van der Waals surface area contributed by atoms with Gasteiger partial charge in [0.25, 0.3) is 0 Å². The molecule has 1 heterocycles. The van der Waals surface area contributed by atoms with Crippen LogP contribution in [0.1, 0.15) is 42.4 Å². The lowest BCUT2D eigenvalue weighted by Gasteiger charge is -2.05. The van der Waals surface area contributed by atoms with E-state index >= 15 is 0 Å². The molecular weight excluding hydrogens is 306 g/mol. The zero-order valence-electron chi connectivity index (χ0n) is 14.6. The summed E-state index contributed by atoms with van der Waals surface area (Å²) in [6, 6.07) is 4.06. The van der Waals surface area contributed by atoms with Crippen molar-refractivity contribution in [3.63, 3.8) is 0 Å². The van der Waals surface area contributed by atoms with Gasteiger partial charge < -0.3 is 14.5 Å². The molecule has 130 valence electrons. The van der Waals surface area contributed by atoms with Gasteiger partial charge in [-0.05, 0) is 37.8 Å². The van der Waals surface area contributed by atoms with Crippen LogP contribution in [0.4, 0.5) is 0 Å². The van der Waals surface area contributed by atoms with Gasteiger partial charge in [0, 0.05) is 23.9 Å². The zero-order valence-corrected chi connectivity index (χ0v) is 14.6. The molecular formula is C19H25NO4. The number of methoxy groups -OCH3 is 1. The van der Waals surface area contributed by atoms with Crippen molar-refractivity contribution in [2.24, 2.45) is 0 Å². The summed E-state index contributed by atoms with van der Waals surface area (Å²) in [6.07, 6.45) is 4.96. The number of unbranched alkanes of at least 4 members (excludes halogenated alkanes) is 2. The molecule has 0 aliphatic rings. The summed E-state index contributed by atoms with van der Waals surface area (Å²) in [4.78, 5) is 23.0. The van der Waals surface area contributed by atoms with Crippen LogP contribution in [0.5, 0.6) is 0 Å². The van der Waals surface area contributed by atoms with Crippen molar-refractivity contribution in [1.82, 2.24) is 5.32 Å². The van der Waals surface area contributed by atoms with Gasteiger partial charge in [-0.1, -0.05) is 18.6 Å². The summed E-state index contributed by atoms with van der Waals surface area (Å²) < 4.78 is 10.2. The summed E-state index contributed by atoms with van der Waals surface area (Å²) in [6.45, 7) is 4.69. The first-order valence-corrected chi connectivity index (χ1v) is 8.32. The summed E-state index contributed by atoms with van der Waals surface area (Å²) in [5.74, 6) is -0.194. The summed E-state index contributed by atoms with van der Waals surface area (Å²) in [5.41, 5.74) is 4.07. The zero-order chi connectivity index (χ0) is 17.5. The smallest absolute Gasteiger partial charge is 0.305 e. The molecule has 0 radical (unpaired) electrons. The molecule has 0 atom stereocenters. The molecule has 24 heavy (non-hydrogen) atoms. The van der Waals surface area contributed by atoms with Crippen LogP contribution in [0.15, 0.2) is 22.8 Å². The Hall–Kier alpha value is -2.30. The molecule has 0 aliphatic carbocycles. The topological polar surface area (TPSA) is 68.5 Å². The van der Waals surface area contributed by atoms with Gasteiger partial charge in [-0.25, -0.2) is 0 Å². The van der Waals surface area contributed by atoms with Gasteiger partial charge in [-0.15, -0.1) is 0 Å². The molecule has 0 saturated carbocycles. The third-order valence-electron chi connectivity index (χ3n) is 4.30. The number of hydrogen-bond donors (Lipinski definition) is 1. The van der Waals surface area contributed by atoms with E-state index in [2.05, 4.69) is 16.1 Å². The molecule has 0 aliphatic heterocycles. The minimum Gasteiger partial charge on any atom is -0.469 e. The quantitative estimate of drug-likeness (QED) is 0.594. The summed E-state index contributed by atoms with van der Waals surface area (Å²) in [5, 5.41) is 3.92. The fourth-order valence-electron chi connectivity index (χ4n) is 2.66. The molecule has 0 spiro atoms. The lowest BCUT2D eigenvalue weighted by atomic mass is 10.0. The number of ether oxygens (including phenoxy) is 1. The van der Waals surface area contributed by atoms with Crippen molar-refractivity contribution in [2.75, 3.05) is 13.7 Å². The van der Waals surface area contributed by atoms with Crippen LogP contribution in [0, 0.1) is 13.8 Å². The van der Waals surface area contributed by atoms with Crippen molar-refractivity contribution in [3.8, 4) is 0 Å². The Labute approximate surface area is 142 Å². The average molecular weight is 331 g/mol. The number of furan rings is 1. The molecule has 5 nitrogen and oxygen atoms in total. The molecule has 0 saturated heterocycles. The monoisotopic (exact) mass is 331 g/mol. The van der Waals surface area contributed by atoms with E-state index in [0.717, 1.165) is 41.4 Å². The van der Waals surface area contributed by atoms with E-state index in [-0.39, 0.29) is 11.9 Å². The van der Waals surface area contributed by atoms with Crippen molar-refractivity contribution >= 4 is 22.8 Å². The predicted molar refractivity (Wildman–Crippen MR) is 92.9 cm³/mol. The minimum absolute atomic E-state index is 0.0103. The molecule has 2 aromatic rings. The molecule has 1 aromatic heterocycles. The number of benzene rings is 1. The van der Waals surface area contributed by atoms with E-state index in [0.29, 0.717) is 19.4 Å². The number of esters is 1. The second kappa shape index (κ2) is 8.52. The van der Waals surface area contributed by atoms with E-state index in [9.17, 15) is 9.59 Å². The Bertz CT molecular complexity index is 717. The van der Waals surface area contributed by atoms with Gasteiger partial charge in [-0.2, -0.15) is 0 Å².